The van der Waals surface area contributed by atoms with Crippen LogP contribution in [0.15, 0.2) is 103 Å². The number of carbonyl (C=O) groups is 1. The summed E-state index contributed by atoms with van der Waals surface area (Å²) in [7, 11) is 0. The molecule has 2 heterocycles. The molecule has 0 N–H and O–H groups in total. The predicted molar refractivity (Wildman–Crippen MR) is 123 cm³/mol. The third-order valence-electron chi connectivity index (χ3n) is 5.09. The molecule has 3 aromatic carbocycles. The van der Waals surface area contributed by atoms with E-state index < -0.39 is 0 Å². The van der Waals surface area contributed by atoms with Gasteiger partial charge in [-0.2, -0.15) is 0 Å². The van der Waals surface area contributed by atoms with Gasteiger partial charge >= 0.3 is 0 Å². The number of fused-ring (bicyclic) bond motifs is 1. The highest BCUT2D eigenvalue weighted by molar-refractivity contribution is 6.30. The highest BCUT2D eigenvalue weighted by Crippen LogP contribution is 2.36. The summed E-state index contributed by atoms with van der Waals surface area (Å²) >= 11 is 6.00. The summed E-state index contributed by atoms with van der Waals surface area (Å²) in [5.74, 6) is -0.0629. The number of anilines is 1. The van der Waals surface area contributed by atoms with Crippen LogP contribution in [0.1, 0.15) is 11.1 Å². The predicted octanol–water partition coefficient (Wildman–Crippen LogP) is 6.36. The van der Waals surface area contributed by atoms with Crippen LogP contribution in [0.25, 0.3) is 22.7 Å². The van der Waals surface area contributed by atoms with Gasteiger partial charge in [0.1, 0.15) is 0 Å². The first-order valence-electron chi connectivity index (χ1n) is 9.63. The van der Waals surface area contributed by atoms with E-state index in [0.29, 0.717) is 10.6 Å². The lowest BCUT2D eigenvalue weighted by Gasteiger charge is -2.21. The molecular formula is C26H17ClN2O. The second-order valence-electron chi connectivity index (χ2n) is 7.07. The highest BCUT2D eigenvalue weighted by atomic mass is 35.5. The number of halogens is 1. The van der Waals surface area contributed by atoms with Crippen LogP contribution in [0.5, 0.6) is 0 Å². The maximum atomic E-state index is 13.5. The van der Waals surface area contributed by atoms with E-state index in [0.717, 1.165) is 33.4 Å². The Balaban J connectivity index is 1.63. The minimum Gasteiger partial charge on any atom is -0.276 e. The van der Waals surface area contributed by atoms with E-state index in [-0.39, 0.29) is 5.91 Å². The topological polar surface area (TPSA) is 33.2 Å². The van der Waals surface area contributed by atoms with Crippen molar-refractivity contribution in [2.75, 3.05) is 4.90 Å². The van der Waals surface area contributed by atoms with Crippen molar-refractivity contribution in [3.63, 3.8) is 0 Å². The van der Waals surface area contributed by atoms with Gasteiger partial charge in [-0.3, -0.25) is 14.7 Å². The van der Waals surface area contributed by atoms with Gasteiger partial charge in [0.25, 0.3) is 5.91 Å². The third kappa shape index (κ3) is 3.40. The number of benzene rings is 3. The zero-order chi connectivity index (χ0) is 20.5. The summed E-state index contributed by atoms with van der Waals surface area (Å²) in [6.07, 6.45) is 5.61. The Bertz CT molecular complexity index is 1310. The van der Waals surface area contributed by atoms with Crippen LogP contribution >= 0.6 is 11.6 Å². The molecule has 30 heavy (non-hydrogen) atoms. The lowest BCUT2D eigenvalue weighted by molar-refractivity contribution is -0.113. The molecule has 0 aliphatic carbocycles. The summed E-state index contributed by atoms with van der Waals surface area (Å²) in [5, 5.41) is 1.66. The van der Waals surface area contributed by atoms with Crippen LogP contribution in [-0.4, -0.2) is 10.9 Å². The summed E-state index contributed by atoms with van der Waals surface area (Å²) in [5.41, 5.74) is 5.10. The molecule has 1 amide bonds. The molecule has 144 valence electrons. The average Bonchev–Trinajstić information content (AvgIpc) is 3.11. The van der Waals surface area contributed by atoms with Crippen molar-refractivity contribution >= 4 is 45.9 Å². The number of hydrogen-bond acceptors (Lipinski definition) is 2. The molecule has 3 nitrogen and oxygen atoms in total. The molecule has 5 rings (SSSR count). The summed E-state index contributed by atoms with van der Waals surface area (Å²) in [4.78, 5) is 19.6. The van der Waals surface area contributed by atoms with Crippen molar-refractivity contribution in [1.29, 1.82) is 0 Å². The first-order valence-corrected chi connectivity index (χ1v) is 10.0. The van der Waals surface area contributed by atoms with Crippen molar-refractivity contribution in [3.05, 3.63) is 119 Å². The van der Waals surface area contributed by atoms with Crippen molar-refractivity contribution in [2.24, 2.45) is 0 Å². The lowest BCUT2D eigenvalue weighted by atomic mass is 10.1. The number of nitrogens with zero attached hydrogens (tertiary/aromatic N) is 2. The largest absolute Gasteiger partial charge is 0.276 e. The molecule has 0 fully saturated rings. The molecule has 4 aromatic rings. The molecule has 0 atom stereocenters. The van der Waals surface area contributed by atoms with Gasteiger partial charge < -0.3 is 0 Å². The fourth-order valence-electron chi connectivity index (χ4n) is 3.63. The normalized spacial score (nSPS) is 15.1. The standard InChI is InChI=1S/C26H17ClN2O/c27-22-10-8-18(9-11-22)15-21-17-25(19-5-2-1-3-6-19)29(26(21)30)23-12-13-24-20(16-23)7-4-14-28-24/h1-17H/b21-15+. The van der Waals surface area contributed by atoms with Crippen LogP contribution in [0.2, 0.25) is 5.02 Å². The SMILES string of the molecule is O=C1/C(=C/c2ccc(Cl)cc2)C=C(c2ccccc2)N1c1ccc2ncccc2c1. The minimum absolute atomic E-state index is 0.0629. The molecule has 0 spiro atoms. The maximum absolute atomic E-state index is 13.5. The number of carbonyl (C=O) groups excluding carboxylic acids is 1. The smallest absolute Gasteiger partial charge is 0.262 e. The van der Waals surface area contributed by atoms with Gasteiger partial charge in [-0.1, -0.05) is 60.1 Å². The molecule has 0 unspecified atom stereocenters. The van der Waals surface area contributed by atoms with E-state index in [1.54, 1.807) is 11.1 Å². The minimum atomic E-state index is -0.0629. The summed E-state index contributed by atoms with van der Waals surface area (Å²) < 4.78 is 0. The fourth-order valence-corrected chi connectivity index (χ4v) is 3.76. The first-order chi connectivity index (χ1) is 14.7. The molecule has 0 radical (unpaired) electrons. The van der Waals surface area contributed by atoms with E-state index in [4.69, 9.17) is 11.6 Å². The lowest BCUT2D eigenvalue weighted by Crippen LogP contribution is -2.24. The van der Waals surface area contributed by atoms with Crippen LogP contribution in [0, 0.1) is 0 Å². The zero-order valence-electron chi connectivity index (χ0n) is 16.0. The summed E-state index contributed by atoms with van der Waals surface area (Å²) in [6.45, 7) is 0. The average molecular weight is 409 g/mol. The van der Waals surface area contributed by atoms with Gasteiger partial charge in [0.05, 0.1) is 11.2 Å². The van der Waals surface area contributed by atoms with Crippen LogP contribution < -0.4 is 4.90 Å². The van der Waals surface area contributed by atoms with Crippen molar-refractivity contribution < 1.29 is 4.79 Å². The number of rotatable bonds is 3. The Morgan fingerprint density at radius 1 is 0.867 bits per heavy atom. The second-order valence-corrected chi connectivity index (χ2v) is 7.50. The number of aromatic nitrogens is 1. The number of pyridine rings is 1. The molecule has 4 heteroatoms. The number of amides is 1. The van der Waals surface area contributed by atoms with E-state index in [1.165, 1.54) is 0 Å². The Hall–Kier alpha value is -3.69. The quantitative estimate of drug-likeness (QED) is 0.369. The zero-order valence-corrected chi connectivity index (χ0v) is 16.8. The monoisotopic (exact) mass is 408 g/mol. The Labute approximate surface area is 179 Å². The molecule has 1 aliphatic heterocycles. The van der Waals surface area contributed by atoms with Crippen LogP contribution in [0.3, 0.4) is 0 Å². The third-order valence-corrected chi connectivity index (χ3v) is 5.34. The molecular weight excluding hydrogens is 392 g/mol. The molecule has 0 saturated carbocycles. The van der Waals surface area contributed by atoms with Gasteiger partial charge in [-0.25, -0.2) is 0 Å². The van der Waals surface area contributed by atoms with Crippen LogP contribution in [-0.2, 0) is 4.79 Å². The van der Waals surface area contributed by atoms with E-state index in [9.17, 15) is 4.79 Å². The molecule has 0 saturated heterocycles. The van der Waals surface area contributed by atoms with Gasteiger partial charge in [0, 0.05) is 27.9 Å². The Kier molecular flexibility index (Phi) is 4.66. The highest BCUT2D eigenvalue weighted by Gasteiger charge is 2.30. The van der Waals surface area contributed by atoms with E-state index in [1.807, 2.05) is 97.1 Å². The molecule has 1 aliphatic rings. The fraction of sp³-hybridized carbons (Fsp3) is 0. The van der Waals surface area contributed by atoms with Crippen molar-refractivity contribution in [3.8, 4) is 0 Å². The summed E-state index contributed by atoms with van der Waals surface area (Å²) in [6, 6.07) is 27.2. The first kappa shape index (κ1) is 18.3. The van der Waals surface area contributed by atoms with Gasteiger partial charge in [-0.05, 0) is 59.7 Å². The Morgan fingerprint density at radius 3 is 2.47 bits per heavy atom. The number of hydrogen-bond donors (Lipinski definition) is 0. The second kappa shape index (κ2) is 7.62. The maximum Gasteiger partial charge on any atom is 0.262 e. The van der Waals surface area contributed by atoms with Crippen molar-refractivity contribution in [1.82, 2.24) is 4.98 Å². The van der Waals surface area contributed by atoms with Gasteiger partial charge in [-0.15, -0.1) is 0 Å². The van der Waals surface area contributed by atoms with E-state index in [2.05, 4.69) is 4.98 Å². The van der Waals surface area contributed by atoms with Gasteiger partial charge in [0.15, 0.2) is 0 Å². The van der Waals surface area contributed by atoms with Crippen LogP contribution in [0.4, 0.5) is 5.69 Å². The van der Waals surface area contributed by atoms with Gasteiger partial charge in [0.2, 0.25) is 0 Å². The Morgan fingerprint density at radius 2 is 1.67 bits per heavy atom. The molecule has 1 aromatic heterocycles. The van der Waals surface area contributed by atoms with Crippen molar-refractivity contribution in [2.45, 2.75) is 0 Å². The van der Waals surface area contributed by atoms with E-state index >= 15 is 0 Å². The molecule has 0 bridgehead atoms.